The van der Waals surface area contributed by atoms with Crippen molar-refractivity contribution in [1.29, 1.82) is 0 Å². The summed E-state index contributed by atoms with van der Waals surface area (Å²) in [7, 11) is 1.61. The van der Waals surface area contributed by atoms with E-state index in [1.165, 1.54) is 0 Å². The van der Waals surface area contributed by atoms with E-state index in [4.69, 9.17) is 14.9 Å². The van der Waals surface area contributed by atoms with Gasteiger partial charge in [-0.2, -0.15) is 0 Å². The second-order valence-corrected chi connectivity index (χ2v) is 4.01. The van der Waals surface area contributed by atoms with Crippen LogP contribution in [0.15, 0.2) is 28.8 Å². The van der Waals surface area contributed by atoms with Crippen molar-refractivity contribution in [1.82, 2.24) is 20.0 Å². The average Bonchev–Trinajstić information content (AvgIpc) is 3.03. The molecule has 0 radical (unpaired) electrons. The highest BCUT2D eigenvalue weighted by atomic mass is 16.5. The van der Waals surface area contributed by atoms with Crippen molar-refractivity contribution in [2.45, 2.75) is 6.54 Å². The first-order valence-corrected chi connectivity index (χ1v) is 5.85. The zero-order chi connectivity index (χ0) is 13.2. The Morgan fingerprint density at radius 3 is 3.11 bits per heavy atom. The molecule has 1 aromatic carbocycles. The minimum atomic E-state index is 0.437. The predicted molar refractivity (Wildman–Crippen MR) is 68.6 cm³/mol. The molecule has 2 heterocycles. The van der Waals surface area contributed by atoms with E-state index in [0.29, 0.717) is 30.3 Å². The predicted octanol–water partition coefficient (Wildman–Crippen LogP) is 1.05. The molecule has 0 atom stereocenters. The van der Waals surface area contributed by atoms with Crippen molar-refractivity contribution in [2.24, 2.45) is 5.73 Å². The van der Waals surface area contributed by atoms with Crippen LogP contribution < -0.4 is 10.5 Å². The molecule has 2 aromatic heterocycles. The summed E-state index contributed by atoms with van der Waals surface area (Å²) >= 11 is 0. The summed E-state index contributed by atoms with van der Waals surface area (Å²) in [5.74, 6) is 1.16. The standard InChI is InChI=1S/C12H13N5O2/c1-18-8-2-3-9-11(6-8)19-12(14-9)10-7-17(5-4-13)16-15-10/h2-3,6-7H,4-5,13H2,1H3. The van der Waals surface area contributed by atoms with Gasteiger partial charge in [0.05, 0.1) is 19.9 Å². The van der Waals surface area contributed by atoms with E-state index in [1.807, 2.05) is 12.1 Å². The summed E-state index contributed by atoms with van der Waals surface area (Å²) in [6.45, 7) is 1.12. The van der Waals surface area contributed by atoms with Gasteiger partial charge in [-0.1, -0.05) is 5.21 Å². The van der Waals surface area contributed by atoms with Gasteiger partial charge in [0.15, 0.2) is 11.3 Å². The average molecular weight is 259 g/mol. The Hall–Kier alpha value is -2.41. The van der Waals surface area contributed by atoms with Crippen molar-refractivity contribution in [3.05, 3.63) is 24.4 Å². The smallest absolute Gasteiger partial charge is 0.249 e. The molecular weight excluding hydrogens is 246 g/mol. The van der Waals surface area contributed by atoms with Crippen molar-refractivity contribution in [3.63, 3.8) is 0 Å². The van der Waals surface area contributed by atoms with Gasteiger partial charge in [0.25, 0.3) is 0 Å². The number of nitrogens with two attached hydrogens (primary N) is 1. The fourth-order valence-electron chi connectivity index (χ4n) is 1.78. The third kappa shape index (κ3) is 2.15. The minimum absolute atomic E-state index is 0.437. The molecule has 0 aliphatic heterocycles. The monoisotopic (exact) mass is 259 g/mol. The molecule has 0 amide bonds. The number of aromatic nitrogens is 4. The number of hydrogen-bond donors (Lipinski definition) is 1. The molecule has 7 heteroatoms. The maximum atomic E-state index is 5.65. The molecule has 2 N–H and O–H groups in total. The molecule has 19 heavy (non-hydrogen) atoms. The zero-order valence-corrected chi connectivity index (χ0v) is 10.4. The number of oxazole rings is 1. The molecule has 0 aliphatic carbocycles. The van der Waals surface area contributed by atoms with E-state index in [-0.39, 0.29) is 0 Å². The number of rotatable bonds is 4. The molecule has 7 nitrogen and oxygen atoms in total. The van der Waals surface area contributed by atoms with Gasteiger partial charge in [-0.3, -0.25) is 4.68 Å². The second-order valence-electron chi connectivity index (χ2n) is 4.01. The van der Waals surface area contributed by atoms with E-state index in [0.717, 1.165) is 11.3 Å². The van der Waals surface area contributed by atoms with Crippen LogP contribution in [0.3, 0.4) is 0 Å². The Kier molecular flexibility index (Phi) is 2.88. The Morgan fingerprint density at radius 2 is 2.32 bits per heavy atom. The van der Waals surface area contributed by atoms with Crippen LogP contribution in [-0.4, -0.2) is 33.6 Å². The Balaban J connectivity index is 1.99. The molecule has 0 unspecified atom stereocenters. The number of ether oxygens (including phenoxy) is 1. The van der Waals surface area contributed by atoms with Gasteiger partial charge in [-0.05, 0) is 12.1 Å². The molecule has 0 saturated heterocycles. The van der Waals surface area contributed by atoms with Crippen molar-refractivity contribution >= 4 is 11.1 Å². The molecule has 98 valence electrons. The second kappa shape index (κ2) is 4.69. The van der Waals surface area contributed by atoms with Crippen LogP contribution in [0.4, 0.5) is 0 Å². The van der Waals surface area contributed by atoms with E-state index in [1.54, 1.807) is 24.1 Å². The molecule has 0 aliphatic rings. The van der Waals surface area contributed by atoms with Crippen LogP contribution in [0, 0.1) is 0 Å². The third-order valence-corrected chi connectivity index (χ3v) is 2.71. The van der Waals surface area contributed by atoms with Gasteiger partial charge in [-0.25, -0.2) is 4.98 Å². The molecular formula is C12H13N5O2. The van der Waals surface area contributed by atoms with Crippen molar-refractivity contribution < 1.29 is 9.15 Å². The van der Waals surface area contributed by atoms with Crippen LogP contribution in [0.25, 0.3) is 22.7 Å². The van der Waals surface area contributed by atoms with Crippen LogP contribution in [0.2, 0.25) is 0 Å². The molecule has 0 saturated carbocycles. The Morgan fingerprint density at radius 1 is 1.42 bits per heavy atom. The zero-order valence-electron chi connectivity index (χ0n) is 10.4. The van der Waals surface area contributed by atoms with Gasteiger partial charge in [-0.15, -0.1) is 5.10 Å². The first kappa shape index (κ1) is 11.7. The summed E-state index contributed by atoms with van der Waals surface area (Å²) in [4.78, 5) is 4.36. The molecule has 0 bridgehead atoms. The fraction of sp³-hybridized carbons (Fsp3) is 0.250. The largest absolute Gasteiger partial charge is 0.497 e. The lowest BCUT2D eigenvalue weighted by Crippen LogP contribution is -2.10. The van der Waals surface area contributed by atoms with E-state index in [9.17, 15) is 0 Å². The highest BCUT2D eigenvalue weighted by Crippen LogP contribution is 2.25. The van der Waals surface area contributed by atoms with Gasteiger partial charge in [0.1, 0.15) is 11.3 Å². The first-order valence-electron chi connectivity index (χ1n) is 5.85. The molecule has 0 fully saturated rings. The SMILES string of the molecule is COc1ccc2nc(-c3cn(CCN)nn3)oc2c1. The Labute approximate surface area is 109 Å². The number of hydrogen-bond acceptors (Lipinski definition) is 6. The fourth-order valence-corrected chi connectivity index (χ4v) is 1.78. The third-order valence-electron chi connectivity index (χ3n) is 2.71. The number of nitrogens with zero attached hydrogens (tertiary/aromatic N) is 4. The van der Waals surface area contributed by atoms with Crippen LogP contribution in [0.1, 0.15) is 0 Å². The van der Waals surface area contributed by atoms with Gasteiger partial charge in [0.2, 0.25) is 5.89 Å². The highest BCUT2D eigenvalue weighted by Gasteiger charge is 2.12. The topological polar surface area (TPSA) is 92.0 Å². The van der Waals surface area contributed by atoms with E-state index >= 15 is 0 Å². The summed E-state index contributed by atoms with van der Waals surface area (Å²) in [6, 6.07) is 5.46. The van der Waals surface area contributed by atoms with Gasteiger partial charge >= 0.3 is 0 Å². The maximum Gasteiger partial charge on any atom is 0.249 e. The number of methoxy groups -OCH3 is 1. The lowest BCUT2D eigenvalue weighted by molar-refractivity contribution is 0.414. The molecule has 3 rings (SSSR count). The summed E-state index contributed by atoms with van der Waals surface area (Å²) in [6.07, 6.45) is 1.76. The number of fused-ring (bicyclic) bond motifs is 1. The lowest BCUT2D eigenvalue weighted by Gasteiger charge is -1.95. The minimum Gasteiger partial charge on any atom is -0.497 e. The first-order chi connectivity index (χ1) is 9.30. The van der Waals surface area contributed by atoms with E-state index in [2.05, 4.69) is 15.3 Å². The van der Waals surface area contributed by atoms with Crippen LogP contribution >= 0.6 is 0 Å². The molecule has 0 spiro atoms. The molecule has 3 aromatic rings. The normalized spacial score (nSPS) is 11.1. The van der Waals surface area contributed by atoms with E-state index < -0.39 is 0 Å². The van der Waals surface area contributed by atoms with Gasteiger partial charge in [0, 0.05) is 12.6 Å². The van der Waals surface area contributed by atoms with Crippen molar-refractivity contribution in [2.75, 3.05) is 13.7 Å². The summed E-state index contributed by atoms with van der Waals surface area (Å²) in [5.41, 5.74) is 7.46. The quantitative estimate of drug-likeness (QED) is 0.753. The summed E-state index contributed by atoms with van der Waals surface area (Å²) in [5, 5.41) is 7.96. The van der Waals surface area contributed by atoms with Crippen molar-refractivity contribution in [3.8, 4) is 17.3 Å². The van der Waals surface area contributed by atoms with Crippen LogP contribution in [-0.2, 0) is 6.54 Å². The lowest BCUT2D eigenvalue weighted by atomic mass is 10.3. The van der Waals surface area contributed by atoms with Crippen LogP contribution in [0.5, 0.6) is 5.75 Å². The highest BCUT2D eigenvalue weighted by molar-refractivity contribution is 5.77. The summed E-state index contributed by atoms with van der Waals surface area (Å²) < 4.78 is 12.4. The van der Waals surface area contributed by atoms with Gasteiger partial charge < -0.3 is 14.9 Å². The maximum absolute atomic E-state index is 5.65. The number of benzene rings is 1. The Bertz CT molecular complexity index is 703.